The maximum atomic E-state index is 15.5. The lowest BCUT2D eigenvalue weighted by Gasteiger charge is -2.24. The molecule has 232 valence electrons. The van der Waals surface area contributed by atoms with Crippen molar-refractivity contribution in [3.8, 4) is 28.2 Å². The number of pyridine rings is 1. The number of rotatable bonds is 4. The van der Waals surface area contributed by atoms with E-state index in [2.05, 4.69) is 30.7 Å². The van der Waals surface area contributed by atoms with Gasteiger partial charge in [0.05, 0.1) is 63.8 Å². The Balaban J connectivity index is 1.47. The van der Waals surface area contributed by atoms with Crippen LogP contribution in [0.2, 0.25) is 10.2 Å². The van der Waals surface area contributed by atoms with Gasteiger partial charge in [0, 0.05) is 23.7 Å². The molecule has 2 unspecified atom stereocenters. The van der Waals surface area contributed by atoms with Gasteiger partial charge in [-0.15, -0.1) is 5.10 Å². The molecule has 1 aliphatic heterocycles. The fourth-order valence-electron chi connectivity index (χ4n) is 5.34. The monoisotopic (exact) mass is 652 g/mol. The molecule has 4 aromatic heterocycles. The Labute approximate surface area is 265 Å². The highest BCUT2D eigenvalue weighted by molar-refractivity contribution is 6.31. The minimum Gasteiger partial charge on any atom is -0.323 e. The Hall–Kier alpha value is -4.54. The van der Waals surface area contributed by atoms with Gasteiger partial charge >= 0.3 is 0 Å². The second-order valence-electron chi connectivity index (χ2n) is 10.8. The summed E-state index contributed by atoms with van der Waals surface area (Å²) in [6, 6.07) is 6.92. The summed E-state index contributed by atoms with van der Waals surface area (Å²) < 4.78 is 19.3. The average Bonchev–Trinajstić information content (AvgIpc) is 3.63. The number of nitrogens with two attached hydrogens (primary N) is 3. The lowest BCUT2D eigenvalue weighted by molar-refractivity contribution is -0.119. The van der Waals surface area contributed by atoms with Crippen LogP contribution in [0, 0.1) is 11.7 Å². The van der Waals surface area contributed by atoms with Crippen molar-refractivity contribution in [3.63, 3.8) is 0 Å². The molecule has 0 radical (unpaired) electrons. The maximum absolute atomic E-state index is 15.5. The second-order valence-corrected chi connectivity index (χ2v) is 11.6. The van der Waals surface area contributed by atoms with Gasteiger partial charge in [-0.3, -0.25) is 36.3 Å². The van der Waals surface area contributed by atoms with E-state index in [1.807, 2.05) is 0 Å². The lowest BCUT2D eigenvalue weighted by Crippen LogP contribution is -2.60. The second kappa shape index (κ2) is 11.8. The van der Waals surface area contributed by atoms with E-state index < -0.39 is 23.3 Å². The number of aromatic nitrogens is 8. The highest BCUT2D eigenvalue weighted by Gasteiger charge is 2.28. The van der Waals surface area contributed by atoms with E-state index in [1.165, 1.54) is 50.9 Å². The van der Waals surface area contributed by atoms with Crippen molar-refractivity contribution in [2.24, 2.45) is 23.1 Å². The third-order valence-corrected chi connectivity index (χ3v) is 8.03. The van der Waals surface area contributed by atoms with Crippen LogP contribution in [0.3, 0.4) is 0 Å². The number of halogens is 3. The van der Waals surface area contributed by atoms with E-state index in [0.717, 1.165) is 0 Å². The number of hydrogen-bond donors (Lipinski definition) is 4. The molecule has 6 rings (SSSR count). The van der Waals surface area contributed by atoms with E-state index in [9.17, 15) is 9.59 Å². The zero-order valence-electron chi connectivity index (χ0n) is 23.7. The molecule has 14 nitrogen and oxygen atoms in total. The van der Waals surface area contributed by atoms with Crippen LogP contribution < -0.4 is 28.1 Å². The van der Waals surface area contributed by atoms with E-state index in [4.69, 9.17) is 40.4 Å². The first-order chi connectivity index (χ1) is 21.4. The van der Waals surface area contributed by atoms with Crippen molar-refractivity contribution in [3.05, 3.63) is 87.3 Å². The fraction of sp³-hybridized carbons (Fsp3) is 0.250. The minimum atomic E-state index is -1.88. The molecule has 0 spiro atoms. The summed E-state index contributed by atoms with van der Waals surface area (Å²) in [6.45, 7) is 1.80. The van der Waals surface area contributed by atoms with Gasteiger partial charge < -0.3 is 5.32 Å². The Morgan fingerprint density at radius 1 is 1.09 bits per heavy atom. The SMILES string of the molecule is CC1CCCC(n2cnc(-c3c(-n4cc(Cl)nn4)ccc(Cl)c3F)cc2=O)c2cc(ccn2)-c2c(cnn2C(N)(N)N)NC1=O. The largest absolute Gasteiger partial charge is 0.323 e. The molecule has 0 aliphatic carbocycles. The van der Waals surface area contributed by atoms with Crippen molar-refractivity contribution in [1.29, 1.82) is 0 Å². The maximum Gasteiger partial charge on any atom is 0.254 e. The van der Waals surface area contributed by atoms with Gasteiger partial charge in [-0.05, 0) is 37.1 Å². The fourth-order valence-corrected chi connectivity index (χ4v) is 5.62. The molecule has 7 N–H and O–H groups in total. The van der Waals surface area contributed by atoms with Crippen molar-refractivity contribution < 1.29 is 9.18 Å². The molecule has 1 aliphatic rings. The molecule has 17 heteroatoms. The minimum absolute atomic E-state index is 0.0248. The van der Waals surface area contributed by atoms with Crippen molar-refractivity contribution in [2.45, 2.75) is 38.1 Å². The predicted octanol–water partition coefficient (Wildman–Crippen LogP) is 2.99. The molecule has 1 amide bonds. The van der Waals surface area contributed by atoms with Crippen molar-refractivity contribution >= 4 is 34.8 Å². The number of nitrogens with zero attached hydrogens (tertiary/aromatic N) is 8. The first kappa shape index (κ1) is 30.5. The first-order valence-electron chi connectivity index (χ1n) is 13.8. The van der Waals surface area contributed by atoms with Gasteiger partial charge in [-0.1, -0.05) is 41.8 Å². The molecule has 0 saturated heterocycles. The van der Waals surface area contributed by atoms with Gasteiger partial charge in [0.25, 0.3) is 5.56 Å². The Morgan fingerprint density at radius 2 is 1.89 bits per heavy atom. The van der Waals surface area contributed by atoms with Gasteiger partial charge in [-0.2, -0.15) is 5.10 Å². The number of hydrogen-bond acceptors (Lipinski definition) is 10. The van der Waals surface area contributed by atoms with Crippen molar-refractivity contribution in [1.82, 2.24) is 39.3 Å². The first-order valence-corrected chi connectivity index (χ1v) is 14.5. The highest BCUT2D eigenvalue weighted by Crippen LogP contribution is 2.35. The molecule has 5 heterocycles. The molecule has 0 fully saturated rings. The van der Waals surface area contributed by atoms with Crippen LogP contribution in [-0.4, -0.2) is 45.2 Å². The van der Waals surface area contributed by atoms with Crippen LogP contribution >= 0.6 is 23.2 Å². The van der Waals surface area contributed by atoms with E-state index in [-0.39, 0.29) is 38.9 Å². The summed E-state index contributed by atoms with van der Waals surface area (Å²) in [7, 11) is 0. The van der Waals surface area contributed by atoms with E-state index >= 15 is 4.39 Å². The number of nitrogens with one attached hydrogen (secondary N) is 1. The van der Waals surface area contributed by atoms with Gasteiger partial charge in [0.2, 0.25) is 11.8 Å². The Morgan fingerprint density at radius 3 is 2.60 bits per heavy atom. The quantitative estimate of drug-likeness (QED) is 0.209. The van der Waals surface area contributed by atoms with E-state index in [1.54, 1.807) is 25.3 Å². The van der Waals surface area contributed by atoms with Crippen LogP contribution in [0.15, 0.2) is 60.0 Å². The third kappa shape index (κ3) is 5.83. The number of anilines is 1. The zero-order valence-corrected chi connectivity index (χ0v) is 25.2. The van der Waals surface area contributed by atoms with Crippen LogP contribution in [0.1, 0.15) is 37.9 Å². The molecule has 1 aromatic carbocycles. The topological polar surface area (TPSA) is 203 Å². The van der Waals surface area contributed by atoms with Crippen molar-refractivity contribution in [2.75, 3.05) is 5.32 Å². The molecule has 2 bridgehead atoms. The number of benzene rings is 1. The average molecular weight is 654 g/mol. The predicted molar refractivity (Wildman–Crippen MR) is 165 cm³/mol. The van der Waals surface area contributed by atoms with Gasteiger partial charge in [-0.25, -0.2) is 18.7 Å². The molecule has 45 heavy (non-hydrogen) atoms. The number of amides is 1. The van der Waals surface area contributed by atoms with Gasteiger partial charge in [0.15, 0.2) is 11.0 Å². The lowest BCUT2D eigenvalue weighted by atomic mass is 9.97. The number of carbonyl (C=O) groups excluding carboxylic acids is 1. The summed E-state index contributed by atoms with van der Waals surface area (Å²) >= 11 is 12.1. The summed E-state index contributed by atoms with van der Waals surface area (Å²) in [5.74, 6) is -3.28. The summed E-state index contributed by atoms with van der Waals surface area (Å²) in [5.41, 5.74) is 19.5. The Kier molecular flexibility index (Phi) is 7.96. The molecule has 0 saturated carbocycles. The van der Waals surface area contributed by atoms with Crippen LogP contribution in [0.4, 0.5) is 10.1 Å². The van der Waals surface area contributed by atoms with Crippen LogP contribution in [0.5, 0.6) is 0 Å². The highest BCUT2D eigenvalue weighted by atomic mass is 35.5. The number of carbonyl (C=O) groups is 1. The van der Waals surface area contributed by atoms with Crippen LogP contribution in [-0.2, 0) is 10.7 Å². The van der Waals surface area contributed by atoms with Gasteiger partial charge in [0.1, 0.15) is 0 Å². The normalized spacial score (nSPS) is 17.3. The smallest absolute Gasteiger partial charge is 0.254 e. The summed E-state index contributed by atoms with van der Waals surface area (Å²) in [4.78, 5) is 35.8. The molecular formula is C28H27Cl2FN12O2. The number of fused-ring (bicyclic) bond motifs is 4. The summed E-state index contributed by atoms with van der Waals surface area (Å²) in [5, 5.41) is 14.7. The van der Waals surface area contributed by atoms with E-state index in [0.29, 0.717) is 41.9 Å². The Bertz CT molecular complexity index is 1980. The summed E-state index contributed by atoms with van der Waals surface area (Å²) in [6.07, 6.45) is 7.22. The standard InChI is InChI=1S/C28H27Cl2FN12O2/c1-14-3-2-4-20(17-9-15(7-8-35-17)26-19(38-27(14)45)11-37-43(26)28(32,33)34)41-13-36-18(10-23(41)44)24-21(6-5-16(29)25(24)31)42-12-22(30)39-40-42/h5-14,20H,2-4,32-34H2,1H3,(H,38,45). The molecular weight excluding hydrogens is 626 g/mol. The van der Waals surface area contributed by atoms with Crippen LogP contribution in [0.25, 0.3) is 28.2 Å². The zero-order chi connectivity index (χ0) is 32.0. The molecule has 5 aromatic rings. The third-order valence-electron chi connectivity index (χ3n) is 7.57. The molecule has 2 atom stereocenters.